The number of aliphatic imine (C=N–C) groups is 1. The van der Waals surface area contributed by atoms with Crippen molar-refractivity contribution in [2.45, 2.75) is 0 Å². The van der Waals surface area contributed by atoms with Crippen LogP contribution in [-0.4, -0.2) is 13.9 Å². The van der Waals surface area contributed by atoms with Gasteiger partial charge in [-0.05, 0) is 12.1 Å². The Morgan fingerprint density at radius 3 is 2.82 bits per heavy atom. The van der Waals surface area contributed by atoms with E-state index in [-0.39, 0.29) is 5.69 Å². The van der Waals surface area contributed by atoms with Crippen molar-refractivity contribution in [3.63, 3.8) is 0 Å². The molecule has 11 heavy (non-hydrogen) atoms. The average molecular weight is 149 g/mol. The first kappa shape index (κ1) is 7.70. The lowest BCUT2D eigenvalue weighted by Crippen LogP contribution is -2.00. The molecule has 1 aromatic rings. The highest BCUT2D eigenvalue weighted by Crippen LogP contribution is 2.13. The Bertz CT molecular complexity index is 320. The molecule has 0 radical (unpaired) electrons. The minimum atomic E-state index is -0.492. The van der Waals surface area contributed by atoms with E-state index in [1.807, 2.05) is 0 Å². The number of isocyanates is 1. The van der Waals surface area contributed by atoms with Crippen LogP contribution in [0.1, 0.15) is 0 Å². The molecule has 0 unspecified atom stereocenters. The van der Waals surface area contributed by atoms with Gasteiger partial charge in [0.05, 0.1) is 0 Å². The highest BCUT2D eigenvalue weighted by atomic mass is 19.1. The maximum absolute atomic E-state index is 12.8. The van der Waals surface area contributed by atoms with E-state index >= 15 is 0 Å². The van der Waals surface area contributed by atoms with Crippen LogP contribution in [0.4, 0.5) is 10.1 Å². The van der Waals surface area contributed by atoms with Gasteiger partial charge in [0, 0.05) is 0 Å². The molecule has 0 saturated heterocycles. The Labute approximate surface area is 64.2 Å². The first-order chi connectivity index (χ1) is 5.24. The number of hydrogen-bond acceptors (Lipinski definition) is 2. The van der Waals surface area contributed by atoms with E-state index in [2.05, 4.69) is 4.99 Å². The molecule has 0 fully saturated rings. The summed E-state index contributed by atoms with van der Waals surface area (Å²) < 4.78 is 12.8. The largest absolute Gasteiger partial charge is 0.240 e. The normalized spacial score (nSPS) is 8.82. The Hall–Kier alpha value is -1.41. The van der Waals surface area contributed by atoms with Crippen LogP contribution >= 0.6 is 0 Å². The smallest absolute Gasteiger partial charge is 0.211 e. The number of benzene rings is 1. The summed E-state index contributed by atoms with van der Waals surface area (Å²) in [5.41, 5.74) is 0.831. The zero-order chi connectivity index (χ0) is 8.27. The third-order valence-corrected chi connectivity index (χ3v) is 1.27. The van der Waals surface area contributed by atoms with Gasteiger partial charge in [0.25, 0.3) is 0 Å². The summed E-state index contributed by atoms with van der Waals surface area (Å²) in [5, 5.41) is 0. The average Bonchev–Trinajstić information content (AvgIpc) is 1.95. The van der Waals surface area contributed by atoms with E-state index in [1.54, 1.807) is 13.9 Å². The summed E-state index contributed by atoms with van der Waals surface area (Å²) in [6.07, 6.45) is 1.28. The lowest BCUT2D eigenvalue weighted by Gasteiger charge is -1.94. The van der Waals surface area contributed by atoms with Crippen molar-refractivity contribution < 1.29 is 9.18 Å². The van der Waals surface area contributed by atoms with Crippen molar-refractivity contribution in [1.82, 2.24) is 0 Å². The number of hydrogen-bond donors (Lipinski definition) is 0. The van der Waals surface area contributed by atoms with Crippen molar-refractivity contribution in [2.75, 3.05) is 0 Å². The molecule has 0 amide bonds. The van der Waals surface area contributed by atoms with Gasteiger partial charge in [-0.1, -0.05) is 11.5 Å². The van der Waals surface area contributed by atoms with Crippen LogP contribution in [0.5, 0.6) is 0 Å². The van der Waals surface area contributed by atoms with Gasteiger partial charge < -0.3 is 0 Å². The molecule has 4 heteroatoms. The fraction of sp³-hybridized carbons (Fsp3) is 0. The van der Waals surface area contributed by atoms with Crippen LogP contribution in [-0.2, 0) is 4.79 Å². The summed E-state index contributed by atoms with van der Waals surface area (Å²) in [6, 6.07) is 4.44. The monoisotopic (exact) mass is 149 g/mol. The zero-order valence-electron chi connectivity index (χ0n) is 5.97. The maximum atomic E-state index is 12.8. The molecule has 1 aromatic carbocycles. The second-order valence-electron chi connectivity index (χ2n) is 2.16. The number of halogens is 1. The van der Waals surface area contributed by atoms with Crippen LogP contribution < -0.4 is 5.46 Å². The Morgan fingerprint density at radius 1 is 1.55 bits per heavy atom. The van der Waals surface area contributed by atoms with Crippen LogP contribution in [0.3, 0.4) is 0 Å². The molecular weight excluding hydrogens is 144 g/mol. The predicted molar refractivity (Wildman–Crippen MR) is 42.4 cm³/mol. The van der Waals surface area contributed by atoms with E-state index in [4.69, 9.17) is 0 Å². The van der Waals surface area contributed by atoms with Crippen molar-refractivity contribution in [3.8, 4) is 0 Å². The maximum Gasteiger partial charge on any atom is 0.240 e. The molecule has 54 valence electrons. The minimum absolute atomic E-state index is 0.0330. The van der Waals surface area contributed by atoms with Gasteiger partial charge in [0.1, 0.15) is 19.4 Å². The van der Waals surface area contributed by atoms with Crippen LogP contribution in [0.15, 0.2) is 23.2 Å². The van der Waals surface area contributed by atoms with Gasteiger partial charge in [0.15, 0.2) is 0 Å². The highest BCUT2D eigenvalue weighted by Gasteiger charge is 1.98. The highest BCUT2D eigenvalue weighted by molar-refractivity contribution is 6.32. The quantitative estimate of drug-likeness (QED) is 0.315. The Balaban J connectivity index is 3.19. The third kappa shape index (κ3) is 1.75. The van der Waals surface area contributed by atoms with E-state index in [0.29, 0.717) is 0 Å². The van der Waals surface area contributed by atoms with Crippen molar-refractivity contribution in [1.29, 1.82) is 0 Å². The van der Waals surface area contributed by atoms with Gasteiger partial charge in [-0.3, -0.25) is 0 Å². The summed E-state index contributed by atoms with van der Waals surface area (Å²) in [5.74, 6) is -0.492. The molecular formula is C7H5BFNO. The summed E-state index contributed by atoms with van der Waals surface area (Å²) in [4.78, 5) is 12.9. The van der Waals surface area contributed by atoms with E-state index in [9.17, 15) is 9.18 Å². The molecule has 0 heterocycles. The van der Waals surface area contributed by atoms with Crippen molar-refractivity contribution in [3.05, 3.63) is 24.0 Å². The molecule has 0 aliphatic heterocycles. The summed E-state index contributed by atoms with van der Waals surface area (Å²) in [6.45, 7) is 0. The lowest BCUT2D eigenvalue weighted by molar-refractivity contribution is 0.564. The summed E-state index contributed by atoms with van der Waals surface area (Å²) >= 11 is 0. The van der Waals surface area contributed by atoms with E-state index in [1.165, 1.54) is 18.2 Å². The van der Waals surface area contributed by atoms with Crippen LogP contribution in [0.25, 0.3) is 0 Å². The molecule has 1 rings (SSSR count). The predicted octanol–water partition coefficient (Wildman–Crippen LogP) is 0.0514. The van der Waals surface area contributed by atoms with Gasteiger partial charge in [0.2, 0.25) is 6.08 Å². The number of nitrogens with zero attached hydrogens (tertiary/aromatic N) is 1. The standard InChI is InChI=1S/C7H5BFNO/c8-5-1-2-7(10-4-11)6(9)3-5/h1-3H,8H2. The molecule has 0 spiro atoms. The fourth-order valence-electron chi connectivity index (χ4n) is 0.752. The Morgan fingerprint density at radius 2 is 2.27 bits per heavy atom. The first-order valence-electron chi connectivity index (χ1n) is 3.08. The second kappa shape index (κ2) is 3.13. The zero-order valence-corrected chi connectivity index (χ0v) is 5.97. The minimum Gasteiger partial charge on any atom is -0.211 e. The Kier molecular flexibility index (Phi) is 2.19. The molecule has 0 bridgehead atoms. The molecule has 0 aromatic heterocycles. The fourth-order valence-corrected chi connectivity index (χ4v) is 0.752. The number of rotatable bonds is 1. The SMILES string of the molecule is Bc1ccc(N=C=O)c(F)c1. The second-order valence-corrected chi connectivity index (χ2v) is 2.16. The van der Waals surface area contributed by atoms with Gasteiger partial charge in [-0.25, -0.2) is 9.18 Å². The van der Waals surface area contributed by atoms with E-state index < -0.39 is 5.82 Å². The van der Waals surface area contributed by atoms with Crippen LogP contribution in [0.2, 0.25) is 0 Å². The van der Waals surface area contributed by atoms with Gasteiger partial charge >= 0.3 is 0 Å². The molecule has 0 aliphatic rings. The lowest BCUT2D eigenvalue weighted by atomic mass is 9.96. The van der Waals surface area contributed by atoms with E-state index in [0.717, 1.165) is 5.46 Å². The molecule has 2 nitrogen and oxygen atoms in total. The first-order valence-corrected chi connectivity index (χ1v) is 3.08. The van der Waals surface area contributed by atoms with Gasteiger partial charge in [-0.2, -0.15) is 4.99 Å². The topological polar surface area (TPSA) is 29.4 Å². The van der Waals surface area contributed by atoms with Crippen molar-refractivity contribution in [2.24, 2.45) is 4.99 Å². The molecule has 0 aliphatic carbocycles. The summed E-state index contributed by atoms with van der Waals surface area (Å²) in [7, 11) is 1.76. The third-order valence-electron chi connectivity index (χ3n) is 1.27. The molecule has 0 saturated carbocycles. The molecule has 0 atom stereocenters. The molecule has 0 N–H and O–H groups in total. The van der Waals surface area contributed by atoms with Gasteiger partial charge in [-0.15, -0.1) is 0 Å². The van der Waals surface area contributed by atoms with Crippen LogP contribution in [0, 0.1) is 5.82 Å². The van der Waals surface area contributed by atoms with Crippen molar-refractivity contribution >= 4 is 25.1 Å². The number of carbonyl (C=O) groups excluding carboxylic acids is 1.